The van der Waals surface area contributed by atoms with E-state index in [1.807, 2.05) is 63.2 Å². The highest BCUT2D eigenvalue weighted by Crippen LogP contribution is 2.55. The van der Waals surface area contributed by atoms with E-state index in [1.54, 1.807) is 12.0 Å². The van der Waals surface area contributed by atoms with Crippen LogP contribution >= 0.6 is 0 Å². The first kappa shape index (κ1) is 30.6. The summed E-state index contributed by atoms with van der Waals surface area (Å²) in [5, 5.41) is 6.42. The molecule has 5 aliphatic rings. The topological polar surface area (TPSA) is 97.0 Å². The van der Waals surface area contributed by atoms with Crippen LogP contribution in [0, 0.1) is 23.2 Å². The van der Waals surface area contributed by atoms with Gasteiger partial charge in [0, 0.05) is 19.1 Å². The Bertz CT molecular complexity index is 1350. The molecule has 3 atom stereocenters. The maximum Gasteiger partial charge on any atom is 0.328 e. The maximum atomic E-state index is 14.4. The van der Waals surface area contributed by atoms with E-state index in [4.69, 9.17) is 9.47 Å². The van der Waals surface area contributed by atoms with E-state index < -0.39 is 29.1 Å². The summed E-state index contributed by atoms with van der Waals surface area (Å²) < 4.78 is 11.3. The molecule has 44 heavy (non-hydrogen) atoms. The molecular weight excluding hydrogens is 554 g/mol. The van der Waals surface area contributed by atoms with Crippen LogP contribution in [0.2, 0.25) is 0 Å². The van der Waals surface area contributed by atoms with Gasteiger partial charge in [-0.1, -0.05) is 75.4 Å². The number of benzene rings is 2. The average Bonchev–Trinajstić information content (AvgIpc) is 3.40. The fraction of sp³-hybridized carbons (Fsp3) is 0.583. The molecule has 1 heterocycles. The first-order valence-corrected chi connectivity index (χ1v) is 16.1. The van der Waals surface area contributed by atoms with Crippen molar-refractivity contribution in [3.05, 3.63) is 60.2 Å². The third kappa shape index (κ3) is 5.73. The van der Waals surface area contributed by atoms with Crippen molar-refractivity contribution >= 4 is 17.9 Å². The lowest BCUT2D eigenvalue weighted by Crippen LogP contribution is -2.64. The fourth-order valence-corrected chi connectivity index (χ4v) is 9.01. The standard InChI is InChI=1S/C36H47N3O5/c1-34(2,3)30(37-33(42)38-35-18-23-15-24(19-35)17-25(16-23)20-35)31(40)39-22-36(44-5,21-29(39)32(41)43-4)28-13-11-27(12-14-28)26-9-7-6-8-10-26/h6-14,23-25,29-30H,15-22H2,1-5H3,(H2,37,38,42)/t23?,24?,25?,29-,30+,35?,36-/m0/s1. The maximum absolute atomic E-state index is 14.4. The molecule has 1 saturated heterocycles. The molecule has 7 rings (SSSR count). The number of esters is 1. The predicted octanol–water partition coefficient (Wildman–Crippen LogP) is 5.65. The molecule has 4 saturated carbocycles. The van der Waals surface area contributed by atoms with Crippen LogP contribution in [0.15, 0.2) is 54.6 Å². The summed E-state index contributed by atoms with van der Waals surface area (Å²) in [4.78, 5) is 42.7. The summed E-state index contributed by atoms with van der Waals surface area (Å²) in [5.41, 5.74) is 1.36. The van der Waals surface area contributed by atoms with E-state index in [-0.39, 0.29) is 30.4 Å². The molecule has 8 heteroatoms. The molecule has 4 bridgehead atoms. The van der Waals surface area contributed by atoms with E-state index >= 15 is 0 Å². The highest BCUT2D eigenvalue weighted by atomic mass is 16.5. The summed E-state index contributed by atoms with van der Waals surface area (Å²) >= 11 is 0. The van der Waals surface area contributed by atoms with Crippen LogP contribution in [0.1, 0.15) is 71.3 Å². The largest absolute Gasteiger partial charge is 0.467 e. The van der Waals surface area contributed by atoms with Crippen molar-refractivity contribution in [3.8, 4) is 11.1 Å². The summed E-state index contributed by atoms with van der Waals surface area (Å²) in [5.74, 6) is 1.26. The Balaban J connectivity index is 1.23. The second kappa shape index (κ2) is 11.5. The second-order valence-corrected chi connectivity index (χ2v) is 14.9. The second-order valence-electron chi connectivity index (χ2n) is 14.9. The molecule has 4 aliphatic carbocycles. The van der Waals surface area contributed by atoms with Gasteiger partial charge >= 0.3 is 12.0 Å². The van der Waals surface area contributed by atoms with Crippen molar-refractivity contribution in [1.82, 2.24) is 15.5 Å². The van der Waals surface area contributed by atoms with Crippen LogP contribution in [0.5, 0.6) is 0 Å². The number of nitrogens with zero attached hydrogens (tertiary/aromatic N) is 1. The molecule has 0 spiro atoms. The lowest BCUT2D eigenvalue weighted by atomic mass is 9.53. The van der Waals surface area contributed by atoms with E-state index in [0.717, 1.165) is 36.0 Å². The average molecular weight is 602 g/mol. The smallest absolute Gasteiger partial charge is 0.328 e. The van der Waals surface area contributed by atoms with Crippen molar-refractivity contribution in [3.63, 3.8) is 0 Å². The Morgan fingerprint density at radius 1 is 0.841 bits per heavy atom. The number of carbonyl (C=O) groups excluding carboxylic acids is 3. The molecule has 2 aromatic rings. The van der Waals surface area contributed by atoms with Crippen molar-refractivity contribution in [2.24, 2.45) is 23.2 Å². The molecule has 2 N–H and O–H groups in total. The molecule has 1 aliphatic heterocycles. The van der Waals surface area contributed by atoms with E-state index in [1.165, 1.54) is 26.4 Å². The minimum Gasteiger partial charge on any atom is -0.467 e. The Morgan fingerprint density at radius 3 is 1.93 bits per heavy atom. The molecule has 236 valence electrons. The van der Waals surface area contributed by atoms with Gasteiger partial charge in [-0.15, -0.1) is 0 Å². The molecule has 2 aromatic carbocycles. The van der Waals surface area contributed by atoms with Crippen LogP contribution in [0.3, 0.4) is 0 Å². The third-order valence-corrected chi connectivity index (χ3v) is 10.8. The molecular formula is C36H47N3O5. The van der Waals surface area contributed by atoms with Crippen molar-refractivity contribution in [1.29, 1.82) is 0 Å². The van der Waals surface area contributed by atoms with E-state index in [2.05, 4.69) is 22.8 Å². The fourth-order valence-electron chi connectivity index (χ4n) is 9.01. The minimum absolute atomic E-state index is 0.164. The van der Waals surface area contributed by atoms with Crippen LogP contribution < -0.4 is 10.6 Å². The number of methoxy groups -OCH3 is 2. The van der Waals surface area contributed by atoms with Gasteiger partial charge in [0.15, 0.2) is 0 Å². The summed E-state index contributed by atoms with van der Waals surface area (Å²) in [6.07, 6.45) is 7.18. The summed E-state index contributed by atoms with van der Waals surface area (Å²) in [6, 6.07) is 16.2. The molecule has 3 amide bonds. The minimum atomic E-state index is -0.909. The van der Waals surface area contributed by atoms with Crippen molar-refractivity contribution < 1.29 is 23.9 Å². The quantitative estimate of drug-likeness (QED) is 0.400. The normalized spacial score (nSPS) is 31.4. The number of carbonyl (C=O) groups is 3. The van der Waals surface area contributed by atoms with Gasteiger partial charge in [0.2, 0.25) is 5.91 Å². The first-order valence-electron chi connectivity index (χ1n) is 16.1. The first-order chi connectivity index (χ1) is 20.9. The van der Waals surface area contributed by atoms with Gasteiger partial charge in [-0.05, 0) is 78.4 Å². The number of hydrogen-bond donors (Lipinski definition) is 2. The highest BCUT2D eigenvalue weighted by Gasteiger charge is 2.54. The monoisotopic (exact) mass is 601 g/mol. The predicted molar refractivity (Wildman–Crippen MR) is 169 cm³/mol. The van der Waals surface area contributed by atoms with Crippen LogP contribution in [0.4, 0.5) is 4.79 Å². The lowest BCUT2D eigenvalue weighted by molar-refractivity contribution is -0.152. The van der Waals surface area contributed by atoms with Gasteiger partial charge in [-0.3, -0.25) is 4.79 Å². The van der Waals surface area contributed by atoms with E-state index in [9.17, 15) is 14.4 Å². The van der Waals surface area contributed by atoms with Gasteiger partial charge in [0.05, 0.1) is 13.7 Å². The Kier molecular flexibility index (Phi) is 8.02. The van der Waals surface area contributed by atoms with Crippen LogP contribution in [-0.4, -0.2) is 61.2 Å². The zero-order valence-corrected chi connectivity index (χ0v) is 26.7. The number of nitrogens with one attached hydrogen (secondary N) is 2. The molecule has 8 nitrogen and oxygen atoms in total. The van der Waals surface area contributed by atoms with Gasteiger partial charge in [0.1, 0.15) is 17.7 Å². The van der Waals surface area contributed by atoms with Gasteiger partial charge in [-0.2, -0.15) is 0 Å². The Hall–Kier alpha value is -3.39. The zero-order valence-electron chi connectivity index (χ0n) is 26.7. The summed E-state index contributed by atoms with van der Waals surface area (Å²) in [7, 11) is 2.96. The Morgan fingerprint density at radius 2 is 1.41 bits per heavy atom. The zero-order chi connectivity index (χ0) is 31.3. The summed E-state index contributed by atoms with van der Waals surface area (Å²) in [6.45, 7) is 5.98. The number of amides is 3. The third-order valence-electron chi connectivity index (χ3n) is 10.8. The van der Waals surface area contributed by atoms with Gasteiger partial charge < -0.3 is 25.0 Å². The number of rotatable bonds is 7. The number of ether oxygens (including phenoxy) is 2. The van der Waals surface area contributed by atoms with E-state index in [0.29, 0.717) is 17.8 Å². The number of hydrogen-bond acceptors (Lipinski definition) is 5. The number of urea groups is 1. The van der Waals surface area contributed by atoms with Gasteiger partial charge in [0.25, 0.3) is 0 Å². The Labute approximate surface area is 261 Å². The van der Waals surface area contributed by atoms with Crippen molar-refractivity contribution in [2.75, 3.05) is 20.8 Å². The SMILES string of the molecule is COC(=O)[C@@H]1C[C@@](OC)(c2ccc(-c3ccccc3)cc2)CN1C(=O)[C@@H](NC(=O)NC12CC3CC(CC(C3)C1)C2)C(C)(C)C. The molecule has 0 aromatic heterocycles. The number of likely N-dealkylation sites (tertiary alicyclic amines) is 1. The highest BCUT2D eigenvalue weighted by molar-refractivity contribution is 5.92. The molecule has 0 unspecified atom stereocenters. The van der Waals surface area contributed by atoms with Gasteiger partial charge in [-0.25, -0.2) is 9.59 Å². The van der Waals surface area contributed by atoms with Crippen LogP contribution in [0.25, 0.3) is 11.1 Å². The van der Waals surface area contributed by atoms with Crippen molar-refractivity contribution in [2.45, 2.75) is 88.9 Å². The molecule has 5 fully saturated rings. The lowest BCUT2D eigenvalue weighted by Gasteiger charge is -2.56. The molecule has 0 radical (unpaired) electrons. The van der Waals surface area contributed by atoms with Crippen LogP contribution in [-0.2, 0) is 24.7 Å².